The van der Waals surface area contributed by atoms with Crippen molar-refractivity contribution in [1.82, 2.24) is 0 Å². The molecule has 0 fully saturated rings. The van der Waals surface area contributed by atoms with Gasteiger partial charge in [0.15, 0.2) is 17.2 Å². The number of methoxy groups -OCH3 is 1. The number of anilines is 1. The number of hydrogen-bond acceptors (Lipinski definition) is 6. The van der Waals surface area contributed by atoms with Gasteiger partial charge >= 0.3 is 5.91 Å². The molecule has 0 aromatic heterocycles. The lowest BCUT2D eigenvalue weighted by Crippen LogP contribution is -2.54. The first-order valence-electron chi connectivity index (χ1n) is 9.13. The minimum absolute atomic E-state index is 0.0563. The van der Waals surface area contributed by atoms with Crippen LogP contribution in [0.2, 0.25) is 0 Å². The van der Waals surface area contributed by atoms with Gasteiger partial charge in [0.25, 0.3) is 5.69 Å². The number of nitro benzene ring substituents is 1. The van der Waals surface area contributed by atoms with Gasteiger partial charge in [-0.15, -0.1) is 0 Å². The van der Waals surface area contributed by atoms with Crippen molar-refractivity contribution < 1.29 is 19.1 Å². The normalized spacial score (nSPS) is 19.3. The summed E-state index contributed by atoms with van der Waals surface area (Å²) in [5.41, 5.74) is 2.20. The van der Waals surface area contributed by atoms with Crippen molar-refractivity contribution in [2.24, 2.45) is 0 Å². The summed E-state index contributed by atoms with van der Waals surface area (Å²) in [6.45, 7) is 1.89. The van der Waals surface area contributed by atoms with E-state index in [0.29, 0.717) is 11.3 Å². The number of rotatable bonds is 2. The van der Waals surface area contributed by atoms with Crippen molar-refractivity contribution >= 4 is 28.2 Å². The zero-order valence-corrected chi connectivity index (χ0v) is 16.1. The van der Waals surface area contributed by atoms with Crippen LogP contribution in [0.1, 0.15) is 12.5 Å². The van der Waals surface area contributed by atoms with E-state index in [9.17, 15) is 10.1 Å². The first kappa shape index (κ1) is 17.4. The highest BCUT2D eigenvalue weighted by atomic mass is 16.7. The molecule has 29 heavy (non-hydrogen) atoms. The fraction of sp³-hybridized carbons (Fsp3) is 0.182. The topological polar surface area (TPSA) is 74.1 Å². The maximum atomic E-state index is 11.3. The number of benzene rings is 3. The lowest BCUT2D eigenvalue weighted by molar-refractivity contribution is -0.385. The van der Waals surface area contributed by atoms with Gasteiger partial charge in [-0.2, -0.15) is 0 Å². The van der Waals surface area contributed by atoms with Gasteiger partial charge in [0.05, 0.1) is 23.8 Å². The SMILES string of the molecule is COc1cc([N+](=O)[O-])cc2c1OC1(Oc3c(ccc4ccccc34)N1C)C(C)=C2. The molecule has 0 amide bonds. The van der Waals surface area contributed by atoms with Gasteiger partial charge in [0.2, 0.25) is 0 Å². The Labute approximate surface area is 166 Å². The van der Waals surface area contributed by atoms with Crippen LogP contribution in [-0.2, 0) is 0 Å². The van der Waals surface area contributed by atoms with Crippen molar-refractivity contribution in [2.45, 2.75) is 12.8 Å². The number of ether oxygens (including phenoxy) is 3. The molecule has 3 aromatic rings. The Kier molecular flexibility index (Phi) is 3.52. The van der Waals surface area contributed by atoms with E-state index in [0.717, 1.165) is 27.8 Å². The van der Waals surface area contributed by atoms with Crippen molar-refractivity contribution in [3.63, 3.8) is 0 Å². The largest absolute Gasteiger partial charge is 0.493 e. The zero-order valence-electron chi connectivity index (χ0n) is 16.1. The third-order valence-electron chi connectivity index (χ3n) is 5.51. The van der Waals surface area contributed by atoms with E-state index >= 15 is 0 Å². The quantitative estimate of drug-likeness (QED) is 0.465. The highest BCUT2D eigenvalue weighted by Gasteiger charge is 2.51. The van der Waals surface area contributed by atoms with E-state index in [1.54, 1.807) is 0 Å². The molecule has 0 aliphatic carbocycles. The third-order valence-corrected chi connectivity index (χ3v) is 5.51. The summed E-state index contributed by atoms with van der Waals surface area (Å²) < 4.78 is 18.2. The van der Waals surface area contributed by atoms with Crippen LogP contribution in [-0.4, -0.2) is 25.0 Å². The minimum atomic E-state index is -1.19. The maximum absolute atomic E-state index is 11.3. The van der Waals surface area contributed by atoms with Crippen LogP contribution in [0, 0.1) is 10.1 Å². The monoisotopic (exact) mass is 390 g/mol. The Bertz CT molecular complexity index is 1220. The standard InChI is InChI=1S/C22H18N2O5/c1-13-10-15-11-16(24(25)26)12-19(27-3)20(15)28-22(13)23(2)18-9-8-14-6-4-5-7-17(14)21(18)29-22/h4-12H,1-3H3. The molecule has 2 aliphatic heterocycles. The molecular formula is C22H18N2O5. The van der Waals surface area contributed by atoms with Crippen LogP contribution in [0.25, 0.3) is 16.8 Å². The van der Waals surface area contributed by atoms with Crippen LogP contribution in [0.15, 0.2) is 54.1 Å². The Morgan fingerprint density at radius 1 is 1.10 bits per heavy atom. The number of nitro groups is 1. The van der Waals surface area contributed by atoms with E-state index in [1.165, 1.54) is 19.2 Å². The van der Waals surface area contributed by atoms with Crippen molar-refractivity contribution in [3.05, 3.63) is 69.8 Å². The third kappa shape index (κ3) is 2.30. The van der Waals surface area contributed by atoms with Gasteiger partial charge in [0.1, 0.15) is 0 Å². The van der Waals surface area contributed by atoms with Crippen LogP contribution in [0.4, 0.5) is 11.4 Å². The summed E-state index contributed by atoms with van der Waals surface area (Å²) in [5, 5.41) is 13.3. The lowest BCUT2D eigenvalue weighted by Gasteiger charge is -2.39. The van der Waals surface area contributed by atoms with Gasteiger partial charge in [-0.3, -0.25) is 15.0 Å². The Balaban J connectivity index is 1.68. The summed E-state index contributed by atoms with van der Waals surface area (Å²) in [7, 11) is 3.36. The smallest absolute Gasteiger partial charge is 0.363 e. The second kappa shape index (κ2) is 5.88. The molecule has 2 heterocycles. The second-order valence-electron chi connectivity index (χ2n) is 7.13. The molecule has 146 valence electrons. The van der Waals surface area contributed by atoms with E-state index in [1.807, 2.05) is 61.3 Å². The number of nitrogens with zero attached hydrogens (tertiary/aromatic N) is 2. The Morgan fingerprint density at radius 2 is 1.86 bits per heavy atom. The average Bonchev–Trinajstić information content (AvgIpc) is 3.01. The number of likely N-dealkylation sites (N-methyl/N-ethyl adjacent to an activating group) is 1. The Morgan fingerprint density at radius 3 is 2.62 bits per heavy atom. The molecule has 3 aromatic carbocycles. The van der Waals surface area contributed by atoms with Gasteiger partial charge in [-0.1, -0.05) is 30.3 Å². The molecule has 5 rings (SSSR count). The number of fused-ring (bicyclic) bond motifs is 4. The first-order valence-corrected chi connectivity index (χ1v) is 9.13. The van der Waals surface area contributed by atoms with Crippen molar-refractivity contribution in [2.75, 3.05) is 19.1 Å². The van der Waals surface area contributed by atoms with Gasteiger partial charge in [-0.25, -0.2) is 0 Å². The molecule has 0 bridgehead atoms. The fourth-order valence-corrected chi connectivity index (χ4v) is 4.03. The average molecular weight is 390 g/mol. The van der Waals surface area contributed by atoms with E-state index in [4.69, 9.17) is 14.2 Å². The molecule has 1 atom stereocenters. The van der Waals surface area contributed by atoms with Crippen LogP contribution in [0.3, 0.4) is 0 Å². The predicted octanol–water partition coefficient (Wildman–Crippen LogP) is 4.73. The van der Waals surface area contributed by atoms with Crippen LogP contribution >= 0.6 is 0 Å². The van der Waals surface area contributed by atoms with Crippen molar-refractivity contribution in [1.29, 1.82) is 0 Å². The van der Waals surface area contributed by atoms with Gasteiger partial charge < -0.3 is 14.2 Å². The van der Waals surface area contributed by atoms with Gasteiger partial charge in [0, 0.05) is 29.6 Å². The zero-order chi connectivity index (χ0) is 20.3. The van der Waals surface area contributed by atoms with E-state index < -0.39 is 10.8 Å². The molecule has 0 saturated carbocycles. The van der Waals surface area contributed by atoms with Gasteiger partial charge in [-0.05, 0) is 24.5 Å². The summed E-state index contributed by atoms with van der Waals surface area (Å²) >= 11 is 0. The molecule has 7 nitrogen and oxygen atoms in total. The fourth-order valence-electron chi connectivity index (χ4n) is 4.03. The highest BCUT2D eigenvalue weighted by molar-refractivity contribution is 5.95. The van der Waals surface area contributed by atoms with E-state index in [-0.39, 0.29) is 11.4 Å². The minimum Gasteiger partial charge on any atom is -0.493 e. The van der Waals surface area contributed by atoms with E-state index in [2.05, 4.69) is 0 Å². The number of hydrogen-bond donors (Lipinski definition) is 0. The molecule has 2 aliphatic rings. The summed E-state index contributed by atoms with van der Waals surface area (Å²) in [5.74, 6) is 0.244. The molecule has 7 heteroatoms. The molecule has 1 unspecified atom stereocenters. The molecule has 1 spiro atoms. The molecule has 0 saturated heterocycles. The lowest BCUT2D eigenvalue weighted by atomic mass is 10.0. The summed E-state index contributed by atoms with van der Waals surface area (Å²) in [4.78, 5) is 12.8. The van der Waals surface area contributed by atoms with Crippen molar-refractivity contribution in [3.8, 4) is 17.2 Å². The molecular weight excluding hydrogens is 372 g/mol. The molecule has 0 N–H and O–H groups in total. The molecule has 0 radical (unpaired) electrons. The Hall–Kier alpha value is -3.74. The highest BCUT2D eigenvalue weighted by Crippen LogP contribution is 2.52. The number of non-ortho nitro benzene ring substituents is 1. The maximum Gasteiger partial charge on any atom is 0.363 e. The summed E-state index contributed by atoms with van der Waals surface area (Å²) in [6.07, 6.45) is 1.85. The summed E-state index contributed by atoms with van der Waals surface area (Å²) in [6, 6.07) is 14.9. The van der Waals surface area contributed by atoms with Crippen LogP contribution in [0.5, 0.6) is 17.2 Å². The first-order chi connectivity index (χ1) is 13.9. The predicted molar refractivity (Wildman–Crippen MR) is 110 cm³/mol. The van der Waals surface area contributed by atoms with Crippen LogP contribution < -0.4 is 19.1 Å². The second-order valence-corrected chi connectivity index (χ2v) is 7.13.